The number of aromatic nitrogens is 2. The molecule has 98 valence electrons. The molecule has 1 atom stereocenters. The predicted molar refractivity (Wildman–Crippen MR) is 56.8 cm³/mol. The molecule has 0 aliphatic rings. The van der Waals surface area contributed by atoms with Gasteiger partial charge in [0, 0.05) is 13.5 Å². The van der Waals surface area contributed by atoms with Crippen LogP contribution in [0.2, 0.25) is 0 Å². The highest BCUT2D eigenvalue weighted by atomic mass is 19.4. The summed E-state index contributed by atoms with van der Waals surface area (Å²) in [4.78, 5) is 0. The average molecular weight is 251 g/mol. The first-order valence-electron chi connectivity index (χ1n) is 5.19. The van der Waals surface area contributed by atoms with Crippen LogP contribution in [0.5, 0.6) is 5.75 Å². The van der Waals surface area contributed by atoms with Gasteiger partial charge in [0.15, 0.2) is 5.75 Å². The van der Waals surface area contributed by atoms with Crippen molar-refractivity contribution in [3.8, 4) is 5.75 Å². The molecule has 0 aliphatic heterocycles. The first kappa shape index (κ1) is 13.8. The van der Waals surface area contributed by atoms with Crippen LogP contribution in [0.15, 0.2) is 6.20 Å². The second-order valence-electron chi connectivity index (χ2n) is 3.72. The van der Waals surface area contributed by atoms with Crippen LogP contribution >= 0.6 is 0 Å². The molecule has 17 heavy (non-hydrogen) atoms. The molecule has 0 aromatic carbocycles. The van der Waals surface area contributed by atoms with Gasteiger partial charge in [-0.05, 0) is 13.5 Å². The molecule has 7 heteroatoms. The van der Waals surface area contributed by atoms with Crippen LogP contribution in [-0.2, 0) is 7.05 Å². The second kappa shape index (κ2) is 5.39. The first-order chi connectivity index (χ1) is 7.89. The monoisotopic (exact) mass is 251 g/mol. The molecule has 0 saturated carbocycles. The number of nitrogens with zero attached hydrogens (tertiary/aromatic N) is 2. The second-order valence-corrected chi connectivity index (χ2v) is 3.72. The van der Waals surface area contributed by atoms with Gasteiger partial charge in [-0.25, -0.2) is 0 Å². The summed E-state index contributed by atoms with van der Waals surface area (Å²) < 4.78 is 43.2. The number of hydrogen-bond acceptors (Lipinski definition) is 3. The molecule has 1 heterocycles. The Kier molecular flexibility index (Phi) is 4.39. The van der Waals surface area contributed by atoms with Crippen LogP contribution in [0, 0.1) is 0 Å². The van der Waals surface area contributed by atoms with Gasteiger partial charge in [0.2, 0.25) is 0 Å². The van der Waals surface area contributed by atoms with E-state index in [0.717, 1.165) is 0 Å². The van der Waals surface area contributed by atoms with E-state index in [2.05, 4.69) is 10.4 Å². The molecule has 0 amide bonds. The number of halogens is 3. The topological polar surface area (TPSA) is 39.1 Å². The maximum absolute atomic E-state index is 12.2. The molecular weight excluding hydrogens is 235 g/mol. The minimum Gasteiger partial charge on any atom is -0.493 e. The smallest absolute Gasteiger partial charge is 0.389 e. The van der Waals surface area contributed by atoms with Crippen LogP contribution in [0.4, 0.5) is 13.2 Å². The number of rotatable bonds is 5. The van der Waals surface area contributed by atoms with Crippen LogP contribution in [-0.4, -0.2) is 30.1 Å². The molecule has 0 saturated heterocycles. The molecule has 4 nitrogen and oxygen atoms in total. The van der Waals surface area contributed by atoms with Gasteiger partial charge in [0.25, 0.3) is 0 Å². The van der Waals surface area contributed by atoms with Crippen molar-refractivity contribution in [2.75, 3.05) is 14.2 Å². The number of hydrogen-bond donors (Lipinski definition) is 1. The highest BCUT2D eigenvalue weighted by Crippen LogP contribution is 2.31. The molecule has 0 spiro atoms. The Balaban J connectivity index is 2.82. The van der Waals surface area contributed by atoms with E-state index >= 15 is 0 Å². The van der Waals surface area contributed by atoms with Crippen molar-refractivity contribution >= 4 is 0 Å². The fraction of sp³-hybridized carbons (Fsp3) is 0.700. The van der Waals surface area contributed by atoms with Crippen molar-refractivity contribution in [2.45, 2.75) is 25.1 Å². The van der Waals surface area contributed by atoms with Gasteiger partial charge in [0.1, 0.15) is 0 Å². The largest absolute Gasteiger partial charge is 0.493 e. The summed E-state index contributed by atoms with van der Waals surface area (Å²) in [6.07, 6.45) is -3.54. The van der Waals surface area contributed by atoms with Crippen molar-refractivity contribution in [3.05, 3.63) is 11.9 Å². The normalized spacial score (nSPS) is 13.8. The third-order valence-electron chi connectivity index (χ3n) is 2.56. The third-order valence-corrected chi connectivity index (χ3v) is 2.56. The Morgan fingerprint density at radius 3 is 2.65 bits per heavy atom. The van der Waals surface area contributed by atoms with Crippen LogP contribution in [0.1, 0.15) is 24.6 Å². The van der Waals surface area contributed by atoms with Crippen molar-refractivity contribution in [3.63, 3.8) is 0 Å². The van der Waals surface area contributed by atoms with Crippen molar-refractivity contribution < 1.29 is 17.9 Å². The van der Waals surface area contributed by atoms with Gasteiger partial charge in [-0.2, -0.15) is 18.3 Å². The summed E-state index contributed by atoms with van der Waals surface area (Å²) >= 11 is 0. The van der Waals surface area contributed by atoms with Crippen LogP contribution in [0.25, 0.3) is 0 Å². The number of methoxy groups -OCH3 is 1. The van der Waals surface area contributed by atoms with E-state index in [9.17, 15) is 13.2 Å². The van der Waals surface area contributed by atoms with E-state index in [1.54, 1.807) is 14.1 Å². The van der Waals surface area contributed by atoms with Gasteiger partial charge < -0.3 is 10.1 Å². The summed E-state index contributed by atoms with van der Waals surface area (Å²) in [5.41, 5.74) is 0.624. The van der Waals surface area contributed by atoms with E-state index in [1.165, 1.54) is 18.0 Å². The summed E-state index contributed by atoms with van der Waals surface area (Å²) in [7, 11) is 4.76. The molecular formula is C10H16F3N3O. The number of nitrogens with one attached hydrogen (secondary N) is 1. The zero-order valence-electron chi connectivity index (χ0n) is 10.0. The molecule has 0 aliphatic carbocycles. The number of ether oxygens (including phenoxy) is 1. The van der Waals surface area contributed by atoms with Crippen molar-refractivity contribution in [1.82, 2.24) is 15.1 Å². The van der Waals surface area contributed by atoms with E-state index in [0.29, 0.717) is 11.4 Å². The quantitative estimate of drug-likeness (QED) is 0.870. The van der Waals surface area contributed by atoms with E-state index < -0.39 is 18.6 Å². The Morgan fingerprint density at radius 1 is 1.53 bits per heavy atom. The molecule has 0 fully saturated rings. The fourth-order valence-corrected chi connectivity index (χ4v) is 1.71. The van der Waals surface area contributed by atoms with Gasteiger partial charge in [0.05, 0.1) is 25.0 Å². The maximum Gasteiger partial charge on any atom is 0.389 e. The van der Waals surface area contributed by atoms with E-state index in [1.807, 2.05) is 0 Å². The molecule has 0 bridgehead atoms. The standard InChI is InChI=1S/C10H16F3N3O/c1-14-7(4-5-10(11,12)13)9-8(17-3)6-15-16(9)2/h6-7,14H,4-5H2,1-3H3. The minimum absolute atomic E-state index is 0.0457. The minimum atomic E-state index is -4.15. The first-order valence-corrected chi connectivity index (χ1v) is 5.19. The Hall–Kier alpha value is -1.24. The molecule has 1 N–H and O–H groups in total. The third kappa shape index (κ3) is 3.62. The molecule has 0 radical (unpaired) electrons. The lowest BCUT2D eigenvalue weighted by molar-refractivity contribution is -0.136. The highest BCUT2D eigenvalue weighted by Gasteiger charge is 2.30. The molecule has 1 rings (SSSR count). The fourth-order valence-electron chi connectivity index (χ4n) is 1.71. The van der Waals surface area contributed by atoms with E-state index in [4.69, 9.17) is 4.74 Å². The summed E-state index contributed by atoms with van der Waals surface area (Å²) in [6, 6.07) is -0.431. The lowest BCUT2D eigenvalue weighted by Gasteiger charge is -2.18. The molecule has 1 aromatic rings. The summed E-state index contributed by atoms with van der Waals surface area (Å²) in [6.45, 7) is 0. The summed E-state index contributed by atoms with van der Waals surface area (Å²) in [5.74, 6) is 0.494. The summed E-state index contributed by atoms with van der Waals surface area (Å²) in [5, 5.41) is 6.82. The molecule has 1 aromatic heterocycles. The van der Waals surface area contributed by atoms with Gasteiger partial charge in [-0.1, -0.05) is 0 Å². The zero-order chi connectivity index (χ0) is 13.1. The predicted octanol–water partition coefficient (Wildman–Crippen LogP) is 2.03. The Bertz CT molecular complexity index is 362. The van der Waals surface area contributed by atoms with Crippen molar-refractivity contribution in [1.29, 1.82) is 0 Å². The van der Waals surface area contributed by atoms with Gasteiger partial charge >= 0.3 is 6.18 Å². The lowest BCUT2D eigenvalue weighted by atomic mass is 10.1. The van der Waals surface area contributed by atoms with Gasteiger partial charge in [-0.15, -0.1) is 0 Å². The zero-order valence-corrected chi connectivity index (χ0v) is 10.0. The number of alkyl halides is 3. The maximum atomic E-state index is 12.2. The molecule has 1 unspecified atom stereocenters. The SMILES string of the molecule is CNC(CCC(F)(F)F)c1c(OC)cnn1C. The van der Waals surface area contributed by atoms with Crippen LogP contribution < -0.4 is 10.1 Å². The Morgan fingerprint density at radius 2 is 2.18 bits per heavy atom. The van der Waals surface area contributed by atoms with E-state index in [-0.39, 0.29) is 6.42 Å². The van der Waals surface area contributed by atoms with Crippen LogP contribution in [0.3, 0.4) is 0 Å². The average Bonchev–Trinajstić information content (AvgIpc) is 2.60. The lowest BCUT2D eigenvalue weighted by Crippen LogP contribution is -2.22. The number of aryl methyl sites for hydroxylation is 1. The van der Waals surface area contributed by atoms with Crippen molar-refractivity contribution in [2.24, 2.45) is 7.05 Å². The van der Waals surface area contributed by atoms with Gasteiger partial charge in [-0.3, -0.25) is 4.68 Å². The Labute approximate surface area is 97.8 Å². The highest BCUT2D eigenvalue weighted by molar-refractivity contribution is 5.28.